The van der Waals surface area contributed by atoms with Crippen LogP contribution in [0.4, 0.5) is 0 Å². The average Bonchev–Trinajstić information content (AvgIpc) is 3.27. The van der Waals surface area contributed by atoms with E-state index in [0.29, 0.717) is 36.8 Å². The van der Waals surface area contributed by atoms with Crippen LogP contribution in [-0.2, 0) is 29.1 Å². The van der Waals surface area contributed by atoms with Crippen LogP contribution in [0.15, 0.2) is 54.9 Å². The maximum absolute atomic E-state index is 12.7. The molecule has 1 aliphatic rings. The summed E-state index contributed by atoms with van der Waals surface area (Å²) in [6.45, 7) is 2.31. The Hall–Kier alpha value is -3.36. The minimum Gasteiger partial charge on any atom is -0.493 e. The molecule has 0 unspecified atom stereocenters. The molecule has 1 aliphatic heterocycles. The summed E-state index contributed by atoms with van der Waals surface area (Å²) in [6, 6.07) is 13.1. The van der Waals surface area contributed by atoms with Crippen LogP contribution in [0.2, 0.25) is 5.02 Å². The summed E-state index contributed by atoms with van der Waals surface area (Å²) in [5, 5.41) is 12.8. The molecule has 2 aromatic heterocycles. The van der Waals surface area contributed by atoms with Crippen LogP contribution in [0, 0.1) is 0 Å². The second-order valence-electron chi connectivity index (χ2n) is 8.62. The van der Waals surface area contributed by atoms with Gasteiger partial charge in [0.1, 0.15) is 11.6 Å². The molecule has 0 spiro atoms. The lowest BCUT2D eigenvalue weighted by molar-refractivity contribution is -0.136. The number of hydrogen-bond donors (Lipinski definition) is 2. The number of ether oxygens (including phenoxy) is 1. The average molecular weight is 497 g/mol. The number of nitrogens with zero attached hydrogens (tertiary/aromatic N) is 3. The molecule has 1 amide bonds. The first-order chi connectivity index (χ1) is 17.0. The lowest BCUT2D eigenvalue weighted by Gasteiger charge is -2.24. The van der Waals surface area contributed by atoms with Gasteiger partial charge in [0.15, 0.2) is 0 Å². The predicted molar refractivity (Wildman–Crippen MR) is 133 cm³/mol. The third kappa shape index (κ3) is 7.07. The Bertz CT molecular complexity index is 1160. The highest BCUT2D eigenvalue weighted by Crippen LogP contribution is 2.25. The summed E-state index contributed by atoms with van der Waals surface area (Å²) in [6.07, 6.45) is 6.19. The molecule has 1 aromatic carbocycles. The van der Waals surface area contributed by atoms with Crippen LogP contribution in [-0.4, -0.2) is 51.1 Å². The van der Waals surface area contributed by atoms with Gasteiger partial charge in [0.05, 0.1) is 24.6 Å². The molecule has 0 saturated carbocycles. The van der Waals surface area contributed by atoms with Crippen molar-refractivity contribution in [3.05, 3.63) is 76.7 Å². The molecule has 0 bridgehead atoms. The van der Waals surface area contributed by atoms with Crippen LogP contribution < -0.4 is 10.1 Å². The van der Waals surface area contributed by atoms with Gasteiger partial charge in [-0.15, -0.1) is 0 Å². The Balaban J connectivity index is 1.64. The SMILES string of the molecule is O=C(O)Cc1ccc2c(c1)CN(Cc1cccn1-c1ccc(Cl)cn1)CC(=O)NCCCCCO2. The summed E-state index contributed by atoms with van der Waals surface area (Å²) in [5.74, 6) is 0.520. The zero-order valence-corrected chi connectivity index (χ0v) is 20.2. The van der Waals surface area contributed by atoms with Gasteiger partial charge in [-0.25, -0.2) is 4.98 Å². The van der Waals surface area contributed by atoms with Crippen LogP contribution in [0.5, 0.6) is 5.75 Å². The molecule has 35 heavy (non-hydrogen) atoms. The molecule has 9 heteroatoms. The van der Waals surface area contributed by atoms with E-state index in [1.54, 1.807) is 18.3 Å². The van der Waals surface area contributed by atoms with Crippen molar-refractivity contribution in [1.82, 2.24) is 19.8 Å². The molecule has 0 saturated heterocycles. The Morgan fingerprint density at radius 3 is 2.83 bits per heavy atom. The van der Waals surface area contributed by atoms with E-state index in [4.69, 9.17) is 16.3 Å². The number of benzene rings is 1. The largest absolute Gasteiger partial charge is 0.493 e. The third-order valence-corrected chi connectivity index (χ3v) is 6.04. The molecule has 0 radical (unpaired) electrons. The van der Waals surface area contributed by atoms with E-state index in [1.807, 2.05) is 46.0 Å². The van der Waals surface area contributed by atoms with Crippen molar-refractivity contribution in [1.29, 1.82) is 0 Å². The summed E-state index contributed by atoms with van der Waals surface area (Å²) in [4.78, 5) is 30.5. The predicted octanol–water partition coefficient (Wildman–Crippen LogP) is 3.83. The van der Waals surface area contributed by atoms with E-state index in [9.17, 15) is 14.7 Å². The van der Waals surface area contributed by atoms with Gasteiger partial charge in [-0.05, 0) is 55.2 Å². The molecule has 0 aliphatic carbocycles. The molecule has 184 valence electrons. The topological polar surface area (TPSA) is 96.7 Å². The Kier molecular flexibility index (Phi) is 8.39. The van der Waals surface area contributed by atoms with E-state index in [2.05, 4.69) is 10.3 Å². The molecular formula is C26H29ClN4O4. The number of nitrogens with one attached hydrogen (secondary N) is 1. The Morgan fingerprint density at radius 2 is 2.03 bits per heavy atom. The van der Waals surface area contributed by atoms with Gasteiger partial charge in [0.25, 0.3) is 0 Å². The lowest BCUT2D eigenvalue weighted by atomic mass is 10.1. The van der Waals surface area contributed by atoms with Crippen molar-refractivity contribution in [2.24, 2.45) is 0 Å². The van der Waals surface area contributed by atoms with Gasteiger partial charge in [-0.1, -0.05) is 23.7 Å². The van der Waals surface area contributed by atoms with E-state index in [0.717, 1.165) is 42.1 Å². The normalized spacial score (nSPS) is 15.6. The number of fused-ring (bicyclic) bond motifs is 1. The maximum Gasteiger partial charge on any atom is 0.307 e. The standard InChI is InChI=1S/C26H29ClN4O4/c27-21-7-9-24(29-15-21)31-11-4-5-22(31)17-30-16-20-13-19(14-26(33)34)6-8-23(20)35-12-3-1-2-10-28-25(32)18-30/h4-9,11,13,15H,1-3,10,12,14,16-18H2,(H,28,32)(H,33,34). The van der Waals surface area contributed by atoms with E-state index in [-0.39, 0.29) is 18.9 Å². The molecule has 3 heterocycles. The molecule has 0 atom stereocenters. The fourth-order valence-electron chi connectivity index (χ4n) is 4.17. The van der Waals surface area contributed by atoms with Crippen molar-refractivity contribution in [2.45, 2.75) is 38.8 Å². The van der Waals surface area contributed by atoms with Gasteiger partial charge in [-0.2, -0.15) is 0 Å². The van der Waals surface area contributed by atoms with Gasteiger partial charge in [0.2, 0.25) is 5.91 Å². The number of carbonyl (C=O) groups is 2. The highest BCUT2D eigenvalue weighted by Gasteiger charge is 2.18. The first-order valence-electron chi connectivity index (χ1n) is 11.7. The zero-order valence-electron chi connectivity index (χ0n) is 19.5. The van der Waals surface area contributed by atoms with Crippen LogP contribution >= 0.6 is 11.6 Å². The molecule has 2 N–H and O–H groups in total. The van der Waals surface area contributed by atoms with Crippen molar-refractivity contribution < 1.29 is 19.4 Å². The summed E-state index contributed by atoms with van der Waals surface area (Å²) >= 11 is 6.00. The number of hydrogen-bond acceptors (Lipinski definition) is 5. The van der Waals surface area contributed by atoms with Gasteiger partial charge in [0, 0.05) is 43.3 Å². The summed E-state index contributed by atoms with van der Waals surface area (Å²) < 4.78 is 8.03. The molecule has 0 fully saturated rings. The summed E-state index contributed by atoms with van der Waals surface area (Å²) in [5.41, 5.74) is 2.52. The Labute approximate surface area is 209 Å². The second-order valence-corrected chi connectivity index (χ2v) is 9.06. The van der Waals surface area contributed by atoms with Crippen molar-refractivity contribution in [3.63, 3.8) is 0 Å². The van der Waals surface area contributed by atoms with Gasteiger partial charge >= 0.3 is 5.97 Å². The van der Waals surface area contributed by atoms with Crippen LogP contribution in [0.25, 0.3) is 5.82 Å². The molecule has 8 nitrogen and oxygen atoms in total. The van der Waals surface area contributed by atoms with Crippen LogP contribution in [0.1, 0.15) is 36.1 Å². The van der Waals surface area contributed by atoms with Crippen LogP contribution in [0.3, 0.4) is 0 Å². The minimum absolute atomic E-state index is 0.0453. The molecule has 3 aromatic rings. The fourth-order valence-corrected chi connectivity index (χ4v) is 4.28. The number of carboxylic acids is 1. The number of carbonyl (C=O) groups excluding carboxylic acids is 1. The Morgan fingerprint density at radius 1 is 1.14 bits per heavy atom. The van der Waals surface area contributed by atoms with Crippen molar-refractivity contribution in [2.75, 3.05) is 19.7 Å². The number of carboxylic acid groups (broad SMARTS) is 1. The van der Waals surface area contributed by atoms with Crippen molar-refractivity contribution >= 4 is 23.5 Å². The third-order valence-electron chi connectivity index (χ3n) is 5.82. The highest BCUT2D eigenvalue weighted by molar-refractivity contribution is 6.30. The number of halogens is 1. The number of aliphatic carboxylic acids is 1. The quantitative estimate of drug-likeness (QED) is 0.557. The highest BCUT2D eigenvalue weighted by atomic mass is 35.5. The van der Waals surface area contributed by atoms with Crippen molar-refractivity contribution in [3.8, 4) is 11.6 Å². The smallest absolute Gasteiger partial charge is 0.307 e. The lowest BCUT2D eigenvalue weighted by Crippen LogP contribution is -2.37. The summed E-state index contributed by atoms with van der Waals surface area (Å²) in [7, 11) is 0. The molecule has 4 rings (SSSR count). The fraction of sp³-hybridized carbons (Fsp3) is 0.346. The monoisotopic (exact) mass is 496 g/mol. The number of rotatable bonds is 5. The van der Waals surface area contributed by atoms with Gasteiger partial charge in [-0.3, -0.25) is 14.5 Å². The number of aromatic nitrogens is 2. The van der Waals surface area contributed by atoms with E-state index in [1.165, 1.54) is 0 Å². The second kappa shape index (κ2) is 11.9. The zero-order chi connectivity index (χ0) is 24.6. The van der Waals surface area contributed by atoms with Gasteiger partial charge < -0.3 is 19.7 Å². The maximum atomic E-state index is 12.7. The van der Waals surface area contributed by atoms with E-state index < -0.39 is 5.97 Å². The minimum atomic E-state index is -0.889. The number of pyridine rings is 1. The molecular weight excluding hydrogens is 468 g/mol. The first-order valence-corrected chi connectivity index (χ1v) is 12.1. The number of amides is 1. The van der Waals surface area contributed by atoms with E-state index >= 15 is 0 Å². The first kappa shape index (κ1) is 24.8.